The molecule has 6 heteroatoms. The summed E-state index contributed by atoms with van der Waals surface area (Å²) >= 11 is 8.10. The molecule has 0 fully saturated rings. The lowest BCUT2D eigenvalue weighted by molar-refractivity contribution is 0.700. The Kier molecular flexibility index (Phi) is 5.80. The van der Waals surface area contributed by atoms with Crippen molar-refractivity contribution in [2.24, 2.45) is 5.10 Å². The van der Waals surface area contributed by atoms with Gasteiger partial charge in [-0.1, -0.05) is 79.2 Å². The van der Waals surface area contributed by atoms with Crippen LogP contribution in [0.25, 0.3) is 22.2 Å². The van der Waals surface area contributed by atoms with Crippen LogP contribution in [0.15, 0.2) is 95.4 Å². The smallest absolute Gasteiger partial charge is 0.223 e. The lowest BCUT2D eigenvalue weighted by Gasteiger charge is -2.21. The van der Waals surface area contributed by atoms with Crippen molar-refractivity contribution in [1.82, 2.24) is 9.97 Å². The van der Waals surface area contributed by atoms with Crippen LogP contribution in [-0.2, 0) is 6.42 Å². The molecule has 1 aliphatic heterocycles. The maximum absolute atomic E-state index is 6.36. The Hall–Kier alpha value is -3.54. The van der Waals surface area contributed by atoms with Crippen LogP contribution in [0.1, 0.15) is 35.4 Å². The van der Waals surface area contributed by atoms with E-state index >= 15 is 0 Å². The third-order valence-corrected chi connectivity index (χ3v) is 7.58. The third kappa shape index (κ3) is 4.22. The molecule has 0 N–H and O–H groups in total. The first-order chi connectivity index (χ1) is 17.2. The number of hydrogen-bond acceptors (Lipinski definition) is 5. The number of hydrazone groups is 1. The van der Waals surface area contributed by atoms with Crippen LogP contribution >= 0.6 is 22.9 Å². The molecule has 172 valence electrons. The highest BCUT2D eigenvalue weighted by atomic mass is 35.5. The number of halogens is 1. The van der Waals surface area contributed by atoms with Gasteiger partial charge in [0.15, 0.2) is 0 Å². The second-order valence-corrected chi connectivity index (χ2v) is 9.99. The fourth-order valence-corrected chi connectivity index (χ4v) is 5.50. The molecule has 35 heavy (non-hydrogen) atoms. The number of thiophene rings is 1. The summed E-state index contributed by atoms with van der Waals surface area (Å²) in [6.07, 6.45) is 1.82. The van der Waals surface area contributed by atoms with E-state index in [1.165, 1.54) is 10.4 Å². The standard InChI is InChI=1S/C29H23ClN4S/c1-2-19-10-12-20(13-11-19)25-18-26(27-9-6-16-35-27)34(33-25)29-31-24-15-14-22(30)17-23(24)28(32-29)21-7-4-3-5-8-21/h3-17,26H,2,18H2,1H3/t26-/m0/s1. The highest BCUT2D eigenvalue weighted by Crippen LogP contribution is 2.39. The summed E-state index contributed by atoms with van der Waals surface area (Å²) < 4.78 is 0. The van der Waals surface area contributed by atoms with Crippen LogP contribution < -0.4 is 5.01 Å². The molecule has 3 heterocycles. The highest BCUT2D eigenvalue weighted by Gasteiger charge is 2.33. The topological polar surface area (TPSA) is 41.4 Å². The summed E-state index contributed by atoms with van der Waals surface area (Å²) in [6, 6.07) is 29.0. The summed E-state index contributed by atoms with van der Waals surface area (Å²) in [5, 5.41) is 10.8. The Bertz CT molecular complexity index is 1510. The molecule has 0 saturated heterocycles. The minimum atomic E-state index is 0.0456. The van der Waals surface area contributed by atoms with E-state index in [0.717, 1.165) is 46.3 Å². The van der Waals surface area contributed by atoms with Crippen molar-refractivity contribution < 1.29 is 0 Å². The molecule has 1 aliphatic rings. The van der Waals surface area contributed by atoms with Gasteiger partial charge < -0.3 is 0 Å². The fraction of sp³-hybridized carbons (Fsp3) is 0.138. The van der Waals surface area contributed by atoms with Gasteiger partial charge in [-0.25, -0.2) is 15.0 Å². The van der Waals surface area contributed by atoms with Crippen LogP contribution in [0, 0.1) is 0 Å². The molecule has 0 saturated carbocycles. The zero-order valence-corrected chi connectivity index (χ0v) is 20.8. The zero-order valence-electron chi connectivity index (χ0n) is 19.2. The number of hydrogen-bond donors (Lipinski definition) is 0. The second-order valence-electron chi connectivity index (χ2n) is 8.58. The molecule has 0 spiro atoms. The van der Waals surface area contributed by atoms with E-state index in [9.17, 15) is 0 Å². The Morgan fingerprint density at radius 2 is 1.74 bits per heavy atom. The Labute approximate surface area is 213 Å². The van der Waals surface area contributed by atoms with Gasteiger partial charge in [-0.15, -0.1) is 11.3 Å². The zero-order chi connectivity index (χ0) is 23.8. The Balaban J connectivity index is 1.51. The average Bonchev–Trinajstić information content (AvgIpc) is 3.59. The normalized spacial score (nSPS) is 15.5. The van der Waals surface area contributed by atoms with Gasteiger partial charge in [0.1, 0.15) is 0 Å². The van der Waals surface area contributed by atoms with Gasteiger partial charge in [0.05, 0.1) is 23.0 Å². The fourth-order valence-electron chi connectivity index (χ4n) is 4.51. The largest absolute Gasteiger partial charge is 0.247 e. The number of nitrogens with zero attached hydrogens (tertiary/aromatic N) is 4. The van der Waals surface area contributed by atoms with Crippen LogP contribution in [0.2, 0.25) is 5.02 Å². The molecule has 2 aromatic heterocycles. The number of fused-ring (bicyclic) bond motifs is 1. The number of aryl methyl sites for hydroxylation is 1. The van der Waals surface area contributed by atoms with Crippen molar-refractivity contribution in [2.45, 2.75) is 25.8 Å². The second kappa shape index (κ2) is 9.25. The first kappa shape index (κ1) is 22.0. The van der Waals surface area contributed by atoms with E-state index < -0.39 is 0 Å². The number of rotatable bonds is 5. The third-order valence-electron chi connectivity index (χ3n) is 6.38. The molecule has 5 aromatic rings. The predicted molar refractivity (Wildman–Crippen MR) is 146 cm³/mol. The quantitative estimate of drug-likeness (QED) is 0.249. The first-order valence-electron chi connectivity index (χ1n) is 11.7. The van der Waals surface area contributed by atoms with Gasteiger partial charge in [0.2, 0.25) is 5.95 Å². The predicted octanol–water partition coefficient (Wildman–Crippen LogP) is 7.93. The summed E-state index contributed by atoms with van der Waals surface area (Å²) in [7, 11) is 0. The van der Waals surface area contributed by atoms with Crippen molar-refractivity contribution in [3.05, 3.63) is 111 Å². The van der Waals surface area contributed by atoms with Crippen molar-refractivity contribution in [3.63, 3.8) is 0 Å². The highest BCUT2D eigenvalue weighted by molar-refractivity contribution is 7.10. The molecule has 3 aromatic carbocycles. The van der Waals surface area contributed by atoms with Crippen LogP contribution in [0.5, 0.6) is 0 Å². The minimum absolute atomic E-state index is 0.0456. The van der Waals surface area contributed by atoms with E-state index in [2.05, 4.69) is 60.8 Å². The van der Waals surface area contributed by atoms with Gasteiger partial charge in [-0.3, -0.25) is 0 Å². The molecule has 0 unspecified atom stereocenters. The first-order valence-corrected chi connectivity index (χ1v) is 13.0. The lowest BCUT2D eigenvalue weighted by Crippen LogP contribution is -2.20. The molecule has 0 aliphatic carbocycles. The van der Waals surface area contributed by atoms with Gasteiger partial charge in [0, 0.05) is 27.3 Å². The van der Waals surface area contributed by atoms with Crippen molar-refractivity contribution in [1.29, 1.82) is 0 Å². The number of benzene rings is 3. The van der Waals surface area contributed by atoms with Gasteiger partial charge in [0.25, 0.3) is 0 Å². The molecule has 0 bridgehead atoms. The SMILES string of the molecule is CCc1ccc(C2=NN(c3nc(-c4ccccc4)c4cc(Cl)ccc4n3)[C@H](c3cccs3)C2)cc1. The summed E-state index contributed by atoms with van der Waals surface area (Å²) in [5.41, 5.74) is 6.24. The van der Waals surface area contributed by atoms with Crippen LogP contribution in [0.4, 0.5) is 5.95 Å². The van der Waals surface area contributed by atoms with Gasteiger partial charge in [-0.05, 0) is 47.2 Å². The maximum Gasteiger partial charge on any atom is 0.247 e. The summed E-state index contributed by atoms with van der Waals surface area (Å²) in [5.74, 6) is 0.595. The summed E-state index contributed by atoms with van der Waals surface area (Å²) in [4.78, 5) is 11.3. The van der Waals surface area contributed by atoms with E-state index in [1.54, 1.807) is 11.3 Å². The molecule has 0 amide bonds. The molecular formula is C29H23ClN4S. The van der Waals surface area contributed by atoms with Crippen molar-refractivity contribution >= 4 is 45.5 Å². The Morgan fingerprint density at radius 1 is 0.914 bits per heavy atom. The molecule has 0 radical (unpaired) electrons. The molecule has 6 rings (SSSR count). The van der Waals surface area contributed by atoms with Gasteiger partial charge >= 0.3 is 0 Å². The lowest BCUT2D eigenvalue weighted by atomic mass is 10.0. The monoisotopic (exact) mass is 494 g/mol. The number of aromatic nitrogens is 2. The van der Waals surface area contributed by atoms with Crippen molar-refractivity contribution in [3.8, 4) is 11.3 Å². The van der Waals surface area contributed by atoms with Crippen LogP contribution in [-0.4, -0.2) is 15.7 Å². The van der Waals surface area contributed by atoms with Crippen LogP contribution in [0.3, 0.4) is 0 Å². The van der Waals surface area contributed by atoms with E-state index in [-0.39, 0.29) is 6.04 Å². The molecule has 1 atom stereocenters. The van der Waals surface area contributed by atoms with E-state index in [4.69, 9.17) is 26.7 Å². The summed E-state index contributed by atoms with van der Waals surface area (Å²) in [6.45, 7) is 2.17. The number of anilines is 1. The van der Waals surface area contributed by atoms with E-state index in [1.807, 2.05) is 41.4 Å². The van der Waals surface area contributed by atoms with Crippen molar-refractivity contribution in [2.75, 3.05) is 5.01 Å². The minimum Gasteiger partial charge on any atom is -0.223 e. The average molecular weight is 495 g/mol. The molecular weight excluding hydrogens is 472 g/mol. The maximum atomic E-state index is 6.36. The van der Waals surface area contributed by atoms with Gasteiger partial charge in [-0.2, -0.15) is 5.10 Å². The molecule has 4 nitrogen and oxygen atoms in total. The van der Waals surface area contributed by atoms with E-state index in [0.29, 0.717) is 11.0 Å². The Morgan fingerprint density at radius 3 is 2.49 bits per heavy atom.